The highest BCUT2D eigenvalue weighted by Gasteiger charge is 2.25. The number of nitrogens with zero attached hydrogens (tertiary/aromatic N) is 2. The molecule has 0 aromatic carbocycles. The zero-order chi connectivity index (χ0) is 16.0. The van der Waals surface area contributed by atoms with E-state index in [9.17, 15) is 8.42 Å². The molecule has 1 heterocycles. The SMILES string of the molecule is CCNc1ncc(Br)cc1S(=O)(=O)N(C)CCOC(C)C. The van der Waals surface area contributed by atoms with Gasteiger partial charge in [-0.25, -0.2) is 13.4 Å². The Kier molecular flexibility index (Phi) is 7.05. The van der Waals surface area contributed by atoms with Crippen LogP contribution in [0.1, 0.15) is 20.8 Å². The van der Waals surface area contributed by atoms with Gasteiger partial charge in [-0.2, -0.15) is 4.31 Å². The van der Waals surface area contributed by atoms with Crippen LogP contribution >= 0.6 is 15.9 Å². The van der Waals surface area contributed by atoms with Crippen molar-refractivity contribution in [1.82, 2.24) is 9.29 Å². The summed E-state index contributed by atoms with van der Waals surface area (Å²) in [6.45, 7) is 6.95. The summed E-state index contributed by atoms with van der Waals surface area (Å²) in [4.78, 5) is 4.29. The maximum absolute atomic E-state index is 12.6. The Bertz CT molecular complexity index is 564. The maximum Gasteiger partial charge on any atom is 0.246 e. The van der Waals surface area contributed by atoms with Gasteiger partial charge in [0.25, 0.3) is 0 Å². The minimum atomic E-state index is -3.61. The highest BCUT2D eigenvalue weighted by Crippen LogP contribution is 2.25. The van der Waals surface area contributed by atoms with E-state index < -0.39 is 10.0 Å². The van der Waals surface area contributed by atoms with E-state index in [4.69, 9.17) is 4.74 Å². The van der Waals surface area contributed by atoms with Crippen LogP contribution in [0, 0.1) is 0 Å². The number of aromatic nitrogens is 1. The van der Waals surface area contributed by atoms with Crippen molar-refractivity contribution >= 4 is 31.8 Å². The summed E-state index contributed by atoms with van der Waals surface area (Å²) in [7, 11) is -2.08. The van der Waals surface area contributed by atoms with Crippen LogP contribution in [0.2, 0.25) is 0 Å². The number of pyridine rings is 1. The molecule has 0 atom stereocenters. The summed E-state index contributed by atoms with van der Waals surface area (Å²) in [6, 6.07) is 1.56. The number of sulfonamides is 1. The number of hydrogen-bond acceptors (Lipinski definition) is 5. The molecule has 0 spiro atoms. The molecule has 0 amide bonds. The summed E-state index contributed by atoms with van der Waals surface area (Å²) >= 11 is 3.26. The van der Waals surface area contributed by atoms with Gasteiger partial charge in [-0.3, -0.25) is 0 Å². The van der Waals surface area contributed by atoms with E-state index in [-0.39, 0.29) is 11.0 Å². The molecule has 6 nitrogen and oxygen atoms in total. The van der Waals surface area contributed by atoms with Crippen molar-refractivity contribution in [2.24, 2.45) is 0 Å². The molecular weight excluding hydrogens is 358 g/mol. The number of ether oxygens (including phenoxy) is 1. The van der Waals surface area contributed by atoms with E-state index >= 15 is 0 Å². The molecule has 0 saturated carbocycles. The van der Waals surface area contributed by atoms with Gasteiger partial charge in [0.05, 0.1) is 12.7 Å². The summed E-state index contributed by atoms with van der Waals surface area (Å²) in [6.07, 6.45) is 1.64. The van der Waals surface area contributed by atoms with Crippen LogP contribution in [0.4, 0.5) is 5.82 Å². The molecule has 0 saturated heterocycles. The second-order valence-electron chi connectivity index (χ2n) is 4.78. The van der Waals surface area contributed by atoms with Crippen molar-refractivity contribution in [2.75, 3.05) is 32.1 Å². The summed E-state index contributed by atoms with van der Waals surface area (Å²) in [5.41, 5.74) is 0. The minimum Gasteiger partial charge on any atom is -0.377 e. The summed E-state index contributed by atoms with van der Waals surface area (Å²) < 4.78 is 32.5. The van der Waals surface area contributed by atoms with Crippen LogP contribution in [0.3, 0.4) is 0 Å². The molecule has 0 unspecified atom stereocenters. The van der Waals surface area contributed by atoms with Gasteiger partial charge in [0.1, 0.15) is 10.7 Å². The number of likely N-dealkylation sites (N-methyl/N-ethyl adjacent to an activating group) is 1. The molecule has 1 aromatic heterocycles. The predicted octanol–water partition coefficient (Wildman–Crippen LogP) is 2.32. The summed E-state index contributed by atoms with van der Waals surface area (Å²) in [5.74, 6) is 0.359. The maximum atomic E-state index is 12.6. The van der Waals surface area contributed by atoms with Gasteiger partial charge in [-0.05, 0) is 42.8 Å². The second-order valence-corrected chi connectivity index (χ2v) is 7.71. The van der Waals surface area contributed by atoms with Gasteiger partial charge >= 0.3 is 0 Å². The van der Waals surface area contributed by atoms with Gasteiger partial charge in [0, 0.05) is 30.8 Å². The van der Waals surface area contributed by atoms with Crippen LogP contribution < -0.4 is 5.32 Å². The molecule has 8 heteroatoms. The predicted molar refractivity (Wildman–Crippen MR) is 87.0 cm³/mol. The Hall–Kier alpha value is -0.700. The third-order valence-electron chi connectivity index (χ3n) is 2.71. The minimum absolute atomic E-state index is 0.0750. The monoisotopic (exact) mass is 379 g/mol. The van der Waals surface area contributed by atoms with Crippen molar-refractivity contribution in [1.29, 1.82) is 0 Å². The molecule has 0 fully saturated rings. The van der Waals surface area contributed by atoms with Crippen LogP contribution in [-0.4, -0.2) is 50.6 Å². The lowest BCUT2D eigenvalue weighted by molar-refractivity contribution is 0.0737. The van der Waals surface area contributed by atoms with Gasteiger partial charge in [0.2, 0.25) is 10.0 Å². The lowest BCUT2D eigenvalue weighted by Crippen LogP contribution is -2.31. The Morgan fingerprint density at radius 1 is 1.48 bits per heavy atom. The summed E-state index contributed by atoms with van der Waals surface area (Å²) in [5, 5.41) is 2.97. The smallest absolute Gasteiger partial charge is 0.246 e. The highest BCUT2D eigenvalue weighted by molar-refractivity contribution is 9.10. The quantitative estimate of drug-likeness (QED) is 0.750. The number of halogens is 1. The fraction of sp³-hybridized carbons (Fsp3) is 0.615. The van der Waals surface area contributed by atoms with Crippen LogP contribution in [0.15, 0.2) is 21.6 Å². The van der Waals surface area contributed by atoms with Crippen molar-refractivity contribution < 1.29 is 13.2 Å². The molecule has 0 aliphatic rings. The highest BCUT2D eigenvalue weighted by atomic mass is 79.9. The van der Waals surface area contributed by atoms with Gasteiger partial charge in [0.15, 0.2) is 0 Å². The van der Waals surface area contributed by atoms with Crippen molar-refractivity contribution in [2.45, 2.75) is 31.8 Å². The fourth-order valence-electron chi connectivity index (χ4n) is 1.62. The first-order valence-electron chi connectivity index (χ1n) is 6.76. The van der Waals surface area contributed by atoms with Crippen LogP contribution in [0.5, 0.6) is 0 Å². The number of anilines is 1. The standard InChI is InChI=1S/C13H22BrN3O3S/c1-5-15-13-12(8-11(14)9-16-13)21(18,19)17(4)6-7-20-10(2)3/h8-10H,5-7H2,1-4H3,(H,15,16). The van der Waals surface area contributed by atoms with E-state index in [1.807, 2.05) is 20.8 Å². The second kappa shape index (κ2) is 8.07. The van der Waals surface area contributed by atoms with Crippen molar-refractivity contribution in [3.8, 4) is 0 Å². The van der Waals surface area contributed by atoms with Crippen LogP contribution in [-0.2, 0) is 14.8 Å². The van der Waals surface area contributed by atoms with Gasteiger partial charge < -0.3 is 10.1 Å². The third-order valence-corrected chi connectivity index (χ3v) is 5.01. The van der Waals surface area contributed by atoms with Gasteiger partial charge in [-0.1, -0.05) is 0 Å². The van der Waals surface area contributed by atoms with E-state index in [1.165, 1.54) is 11.4 Å². The van der Waals surface area contributed by atoms with E-state index in [0.29, 0.717) is 30.0 Å². The molecule has 0 aliphatic carbocycles. The van der Waals surface area contributed by atoms with E-state index in [2.05, 4.69) is 26.2 Å². The zero-order valence-electron chi connectivity index (χ0n) is 12.8. The molecule has 0 aliphatic heterocycles. The van der Waals surface area contributed by atoms with Gasteiger partial charge in [-0.15, -0.1) is 0 Å². The average Bonchev–Trinajstić information content (AvgIpc) is 2.40. The normalized spacial score (nSPS) is 12.1. The van der Waals surface area contributed by atoms with Crippen molar-refractivity contribution in [3.63, 3.8) is 0 Å². The zero-order valence-corrected chi connectivity index (χ0v) is 15.2. The molecule has 120 valence electrons. The van der Waals surface area contributed by atoms with Crippen molar-refractivity contribution in [3.05, 3.63) is 16.7 Å². The topological polar surface area (TPSA) is 71.5 Å². The molecule has 1 aromatic rings. The largest absolute Gasteiger partial charge is 0.377 e. The molecule has 1 N–H and O–H groups in total. The Morgan fingerprint density at radius 2 is 2.14 bits per heavy atom. The first kappa shape index (κ1) is 18.3. The third kappa shape index (κ3) is 5.21. The number of nitrogens with one attached hydrogen (secondary N) is 1. The number of rotatable bonds is 8. The Morgan fingerprint density at radius 3 is 2.71 bits per heavy atom. The lowest BCUT2D eigenvalue weighted by atomic mass is 10.4. The van der Waals surface area contributed by atoms with E-state index in [0.717, 1.165) is 0 Å². The average molecular weight is 380 g/mol. The molecular formula is C13H22BrN3O3S. The fourth-order valence-corrected chi connectivity index (χ4v) is 3.40. The molecule has 0 radical (unpaired) electrons. The first-order chi connectivity index (χ1) is 9.78. The van der Waals surface area contributed by atoms with Crippen LogP contribution in [0.25, 0.3) is 0 Å². The molecule has 1 rings (SSSR count). The Labute approximate surface area is 135 Å². The van der Waals surface area contributed by atoms with E-state index in [1.54, 1.807) is 12.3 Å². The number of hydrogen-bond donors (Lipinski definition) is 1. The first-order valence-corrected chi connectivity index (χ1v) is 8.99. The molecule has 0 bridgehead atoms. The lowest BCUT2D eigenvalue weighted by Gasteiger charge is -2.20. The molecule has 21 heavy (non-hydrogen) atoms. The Balaban J connectivity index is 2.98.